The monoisotopic (exact) mass is 233 g/mol. The minimum Gasteiger partial charge on any atom is -0.481 e. The molecule has 1 N–H and O–H groups in total. The molecule has 0 atom stereocenters. The maximum Gasteiger partial charge on any atom is 0.313 e. The molecule has 0 fully saturated rings. The molecule has 1 amide bonds. The van der Waals surface area contributed by atoms with Gasteiger partial charge in [0.05, 0.1) is 11.5 Å². The standard InChI is InChI=1S/C10H19NO3S/c1-4-8(5-2)11(3)9(12)6-15-7-10(13)14/h8H,4-7H2,1-3H3,(H,13,14). The smallest absolute Gasteiger partial charge is 0.313 e. The molecular formula is C10H19NO3S. The summed E-state index contributed by atoms with van der Waals surface area (Å²) >= 11 is 1.15. The number of carboxylic acid groups (broad SMARTS) is 1. The fourth-order valence-corrected chi connectivity index (χ4v) is 2.02. The molecule has 0 heterocycles. The van der Waals surface area contributed by atoms with Gasteiger partial charge >= 0.3 is 5.97 Å². The quantitative estimate of drug-likeness (QED) is 0.723. The van der Waals surface area contributed by atoms with Crippen LogP contribution in [-0.4, -0.2) is 46.5 Å². The molecule has 0 radical (unpaired) electrons. The second-order valence-electron chi connectivity index (χ2n) is 3.36. The average molecular weight is 233 g/mol. The summed E-state index contributed by atoms with van der Waals surface area (Å²) in [5.74, 6) is -0.630. The van der Waals surface area contributed by atoms with Gasteiger partial charge in [-0.25, -0.2) is 0 Å². The molecule has 0 aliphatic rings. The highest BCUT2D eigenvalue weighted by molar-refractivity contribution is 8.00. The van der Waals surface area contributed by atoms with Gasteiger partial charge in [-0.15, -0.1) is 11.8 Å². The number of carbonyl (C=O) groups excluding carboxylic acids is 1. The van der Waals surface area contributed by atoms with E-state index in [-0.39, 0.29) is 23.5 Å². The van der Waals surface area contributed by atoms with E-state index < -0.39 is 5.97 Å². The molecule has 0 unspecified atom stereocenters. The lowest BCUT2D eigenvalue weighted by atomic mass is 10.1. The maximum absolute atomic E-state index is 11.6. The predicted octanol–water partition coefficient (Wildman–Crippen LogP) is 1.45. The van der Waals surface area contributed by atoms with E-state index in [0.717, 1.165) is 24.6 Å². The van der Waals surface area contributed by atoms with Crippen molar-refractivity contribution in [3.63, 3.8) is 0 Å². The van der Waals surface area contributed by atoms with Crippen molar-refractivity contribution in [2.75, 3.05) is 18.6 Å². The van der Waals surface area contributed by atoms with E-state index in [1.54, 1.807) is 11.9 Å². The fraction of sp³-hybridized carbons (Fsp3) is 0.800. The van der Waals surface area contributed by atoms with Crippen LogP contribution in [0.1, 0.15) is 26.7 Å². The van der Waals surface area contributed by atoms with Crippen LogP contribution in [0.3, 0.4) is 0 Å². The van der Waals surface area contributed by atoms with Crippen LogP contribution in [0.15, 0.2) is 0 Å². The molecule has 0 bridgehead atoms. The normalized spacial score (nSPS) is 10.4. The first-order chi connectivity index (χ1) is 7.02. The number of hydrogen-bond acceptors (Lipinski definition) is 3. The van der Waals surface area contributed by atoms with E-state index in [1.807, 2.05) is 13.8 Å². The SMILES string of the molecule is CCC(CC)N(C)C(=O)CSCC(=O)O. The lowest BCUT2D eigenvalue weighted by Gasteiger charge is -2.26. The van der Waals surface area contributed by atoms with Crippen LogP contribution in [0.25, 0.3) is 0 Å². The second kappa shape index (κ2) is 7.56. The Morgan fingerprint density at radius 3 is 2.20 bits per heavy atom. The molecule has 0 rings (SSSR count). The van der Waals surface area contributed by atoms with Crippen LogP contribution in [0.5, 0.6) is 0 Å². The van der Waals surface area contributed by atoms with Gasteiger partial charge < -0.3 is 10.0 Å². The largest absolute Gasteiger partial charge is 0.481 e. The molecule has 15 heavy (non-hydrogen) atoms. The maximum atomic E-state index is 11.6. The van der Waals surface area contributed by atoms with E-state index in [0.29, 0.717) is 0 Å². The summed E-state index contributed by atoms with van der Waals surface area (Å²) in [5, 5.41) is 8.42. The van der Waals surface area contributed by atoms with E-state index in [4.69, 9.17) is 5.11 Å². The van der Waals surface area contributed by atoms with Gasteiger partial charge in [0, 0.05) is 13.1 Å². The lowest BCUT2D eigenvalue weighted by Crippen LogP contribution is -2.37. The Labute approximate surface area is 95.0 Å². The van der Waals surface area contributed by atoms with Crippen molar-refractivity contribution in [3.05, 3.63) is 0 Å². The highest BCUT2D eigenvalue weighted by Gasteiger charge is 2.16. The van der Waals surface area contributed by atoms with Crippen LogP contribution < -0.4 is 0 Å². The number of aliphatic carboxylic acids is 1. The molecule has 4 nitrogen and oxygen atoms in total. The third-order valence-electron chi connectivity index (χ3n) is 2.33. The van der Waals surface area contributed by atoms with Crippen LogP contribution in [0, 0.1) is 0 Å². The summed E-state index contributed by atoms with van der Waals surface area (Å²) in [5.41, 5.74) is 0. The number of rotatable bonds is 7. The van der Waals surface area contributed by atoms with Gasteiger partial charge in [-0.1, -0.05) is 13.8 Å². The van der Waals surface area contributed by atoms with Gasteiger partial charge in [0.2, 0.25) is 5.91 Å². The van der Waals surface area contributed by atoms with Gasteiger partial charge in [0.1, 0.15) is 0 Å². The Hall–Kier alpha value is -0.710. The van der Waals surface area contributed by atoms with Crippen molar-refractivity contribution in [1.82, 2.24) is 4.90 Å². The second-order valence-corrected chi connectivity index (χ2v) is 4.35. The third kappa shape index (κ3) is 5.67. The van der Waals surface area contributed by atoms with Gasteiger partial charge in [-0.05, 0) is 12.8 Å². The molecule has 0 spiro atoms. The third-order valence-corrected chi connectivity index (χ3v) is 3.24. The Morgan fingerprint density at radius 2 is 1.80 bits per heavy atom. The summed E-state index contributed by atoms with van der Waals surface area (Å²) < 4.78 is 0. The summed E-state index contributed by atoms with van der Waals surface area (Å²) in [7, 11) is 1.78. The van der Waals surface area contributed by atoms with Crippen molar-refractivity contribution in [3.8, 4) is 0 Å². The van der Waals surface area contributed by atoms with Crippen LogP contribution >= 0.6 is 11.8 Å². The van der Waals surface area contributed by atoms with Gasteiger partial charge in [-0.2, -0.15) is 0 Å². The Kier molecular flexibility index (Phi) is 7.21. The average Bonchev–Trinajstić information content (AvgIpc) is 2.18. The van der Waals surface area contributed by atoms with E-state index in [9.17, 15) is 9.59 Å². The summed E-state index contributed by atoms with van der Waals surface area (Å²) in [4.78, 5) is 23.6. The van der Waals surface area contributed by atoms with Crippen molar-refractivity contribution < 1.29 is 14.7 Å². The Bertz CT molecular complexity index is 217. The van der Waals surface area contributed by atoms with E-state index in [1.165, 1.54) is 0 Å². The molecule has 0 aromatic rings. The lowest BCUT2D eigenvalue weighted by molar-refractivity contribution is -0.133. The molecule has 5 heteroatoms. The summed E-state index contributed by atoms with van der Waals surface area (Å²) in [6, 6.07) is 0.267. The van der Waals surface area contributed by atoms with E-state index in [2.05, 4.69) is 0 Å². The molecular weight excluding hydrogens is 214 g/mol. The first kappa shape index (κ1) is 14.3. The van der Waals surface area contributed by atoms with Crippen molar-refractivity contribution in [2.45, 2.75) is 32.7 Å². The fourth-order valence-electron chi connectivity index (χ4n) is 1.37. The van der Waals surface area contributed by atoms with Crippen LogP contribution in [-0.2, 0) is 9.59 Å². The zero-order chi connectivity index (χ0) is 11.8. The Morgan fingerprint density at radius 1 is 1.27 bits per heavy atom. The number of carbonyl (C=O) groups is 2. The van der Waals surface area contributed by atoms with Gasteiger partial charge in [0.15, 0.2) is 0 Å². The molecule has 0 aromatic carbocycles. The van der Waals surface area contributed by atoms with Gasteiger partial charge in [0.25, 0.3) is 0 Å². The number of hydrogen-bond donors (Lipinski definition) is 1. The number of nitrogens with zero attached hydrogens (tertiary/aromatic N) is 1. The molecule has 0 aliphatic heterocycles. The molecule has 0 aliphatic carbocycles. The molecule has 0 saturated carbocycles. The first-order valence-corrected chi connectivity index (χ1v) is 6.23. The summed E-state index contributed by atoms with van der Waals surface area (Å²) in [6.45, 7) is 4.09. The molecule has 88 valence electrons. The summed E-state index contributed by atoms with van der Waals surface area (Å²) in [6.07, 6.45) is 1.87. The Balaban J connectivity index is 3.92. The topological polar surface area (TPSA) is 57.6 Å². The zero-order valence-electron chi connectivity index (χ0n) is 9.52. The first-order valence-electron chi connectivity index (χ1n) is 5.08. The van der Waals surface area contributed by atoms with Crippen molar-refractivity contribution >= 4 is 23.6 Å². The van der Waals surface area contributed by atoms with Crippen LogP contribution in [0.2, 0.25) is 0 Å². The van der Waals surface area contributed by atoms with Crippen molar-refractivity contribution in [2.24, 2.45) is 0 Å². The van der Waals surface area contributed by atoms with Gasteiger partial charge in [-0.3, -0.25) is 9.59 Å². The molecule has 0 aromatic heterocycles. The number of amides is 1. The van der Waals surface area contributed by atoms with Crippen LogP contribution in [0.4, 0.5) is 0 Å². The highest BCUT2D eigenvalue weighted by Crippen LogP contribution is 2.09. The number of carboxylic acids is 1. The van der Waals surface area contributed by atoms with E-state index >= 15 is 0 Å². The minimum atomic E-state index is -0.877. The van der Waals surface area contributed by atoms with Crippen molar-refractivity contribution in [1.29, 1.82) is 0 Å². The minimum absolute atomic E-state index is 0.00921. The predicted molar refractivity (Wildman–Crippen MR) is 62.1 cm³/mol. The highest BCUT2D eigenvalue weighted by atomic mass is 32.2. The molecule has 0 saturated heterocycles. The zero-order valence-corrected chi connectivity index (χ0v) is 10.3. The number of thioether (sulfide) groups is 1.